The van der Waals surface area contributed by atoms with Crippen LogP contribution in [0.4, 0.5) is 4.79 Å². The highest BCUT2D eigenvalue weighted by atomic mass is 16.5. The van der Waals surface area contributed by atoms with E-state index in [9.17, 15) is 4.79 Å². The highest BCUT2D eigenvalue weighted by Crippen LogP contribution is 2.33. The molecule has 2 heterocycles. The van der Waals surface area contributed by atoms with Crippen molar-refractivity contribution in [2.45, 2.75) is 38.8 Å². The molecular formula is C18H25N5O2. The van der Waals surface area contributed by atoms with Crippen molar-refractivity contribution in [3.63, 3.8) is 0 Å². The second-order valence-corrected chi connectivity index (χ2v) is 6.32. The third-order valence-corrected chi connectivity index (χ3v) is 4.56. The van der Waals surface area contributed by atoms with Gasteiger partial charge in [-0.25, -0.2) is 4.79 Å². The van der Waals surface area contributed by atoms with Gasteiger partial charge in [-0.05, 0) is 44.4 Å². The highest BCUT2D eigenvalue weighted by molar-refractivity contribution is 5.75. The van der Waals surface area contributed by atoms with Gasteiger partial charge < -0.3 is 19.5 Å². The molecule has 0 spiro atoms. The van der Waals surface area contributed by atoms with Crippen molar-refractivity contribution >= 4 is 6.03 Å². The number of nitrogens with one attached hydrogen (secondary N) is 1. The molecule has 0 bridgehead atoms. The monoisotopic (exact) mass is 343 g/mol. The lowest BCUT2D eigenvalue weighted by atomic mass is 10.0. The lowest BCUT2D eigenvalue weighted by Crippen LogP contribution is -2.41. The predicted octanol–water partition coefficient (Wildman–Crippen LogP) is 2.82. The number of nitrogens with zero attached hydrogens (tertiary/aromatic N) is 4. The van der Waals surface area contributed by atoms with E-state index < -0.39 is 0 Å². The molecule has 3 rings (SSSR count). The number of ether oxygens (including phenoxy) is 1. The Bertz CT molecular complexity index is 713. The molecule has 1 aliphatic rings. The van der Waals surface area contributed by atoms with E-state index in [-0.39, 0.29) is 18.1 Å². The molecule has 1 saturated heterocycles. The molecule has 0 saturated carbocycles. The summed E-state index contributed by atoms with van der Waals surface area (Å²) in [6.45, 7) is 5.30. The number of amides is 2. The largest absolute Gasteiger partial charge is 0.494 e. The zero-order chi connectivity index (χ0) is 17.8. The third kappa shape index (κ3) is 3.75. The van der Waals surface area contributed by atoms with E-state index >= 15 is 0 Å². The standard InChI is InChI=1S/C18H25N5O2/c1-4-25-15-9-7-14(8-10-15)16-6-5-11-23(16)18(24)20-13(2)17-21-19-12-22(17)3/h7-10,12-13,16H,4-6,11H2,1-3H3,(H,20,24)/t13-,16-/m1/s1. The highest BCUT2D eigenvalue weighted by Gasteiger charge is 2.31. The predicted molar refractivity (Wildman–Crippen MR) is 94.2 cm³/mol. The summed E-state index contributed by atoms with van der Waals surface area (Å²) in [5.41, 5.74) is 1.14. The van der Waals surface area contributed by atoms with Crippen LogP contribution >= 0.6 is 0 Å². The van der Waals surface area contributed by atoms with Crippen LogP contribution in [0, 0.1) is 0 Å². The van der Waals surface area contributed by atoms with Crippen molar-refractivity contribution in [3.05, 3.63) is 42.0 Å². The first kappa shape index (κ1) is 17.3. The van der Waals surface area contributed by atoms with Gasteiger partial charge in [0, 0.05) is 13.6 Å². The minimum absolute atomic E-state index is 0.0631. The Morgan fingerprint density at radius 2 is 2.16 bits per heavy atom. The Labute approximate surface area is 148 Å². The number of benzene rings is 1. The van der Waals surface area contributed by atoms with E-state index in [1.54, 1.807) is 6.33 Å². The van der Waals surface area contributed by atoms with Crippen molar-refractivity contribution in [1.29, 1.82) is 0 Å². The molecule has 1 N–H and O–H groups in total. The van der Waals surface area contributed by atoms with Crippen molar-refractivity contribution in [2.75, 3.05) is 13.2 Å². The molecule has 134 valence electrons. The van der Waals surface area contributed by atoms with Gasteiger partial charge in [-0.2, -0.15) is 0 Å². The Morgan fingerprint density at radius 3 is 2.80 bits per heavy atom. The van der Waals surface area contributed by atoms with Gasteiger partial charge in [0.05, 0.1) is 18.7 Å². The second kappa shape index (κ2) is 7.55. The summed E-state index contributed by atoms with van der Waals surface area (Å²) in [6.07, 6.45) is 3.61. The Kier molecular flexibility index (Phi) is 5.21. The fourth-order valence-electron chi connectivity index (χ4n) is 3.33. The number of carbonyl (C=O) groups is 1. The van der Waals surface area contributed by atoms with Crippen molar-refractivity contribution in [2.24, 2.45) is 7.05 Å². The maximum Gasteiger partial charge on any atom is 0.318 e. The number of rotatable bonds is 5. The summed E-state index contributed by atoms with van der Waals surface area (Å²) in [6, 6.07) is 7.88. The molecule has 25 heavy (non-hydrogen) atoms. The minimum atomic E-state index is -0.193. The summed E-state index contributed by atoms with van der Waals surface area (Å²) in [7, 11) is 1.87. The molecule has 1 aliphatic heterocycles. The van der Waals surface area contributed by atoms with E-state index in [0.29, 0.717) is 6.61 Å². The Morgan fingerprint density at radius 1 is 1.40 bits per heavy atom. The van der Waals surface area contributed by atoms with Crippen LogP contribution < -0.4 is 10.1 Å². The smallest absolute Gasteiger partial charge is 0.318 e. The molecular weight excluding hydrogens is 318 g/mol. The summed E-state index contributed by atoms with van der Waals surface area (Å²) in [5, 5.41) is 11.0. The van der Waals surface area contributed by atoms with Crippen molar-refractivity contribution in [3.8, 4) is 5.75 Å². The first-order valence-electron chi connectivity index (χ1n) is 8.74. The van der Waals surface area contributed by atoms with Gasteiger partial charge in [0.25, 0.3) is 0 Å². The number of aryl methyl sites for hydroxylation is 1. The lowest BCUT2D eigenvalue weighted by molar-refractivity contribution is 0.189. The topological polar surface area (TPSA) is 72.3 Å². The van der Waals surface area contributed by atoms with Crippen LogP contribution in [0.25, 0.3) is 0 Å². The van der Waals surface area contributed by atoms with E-state index in [2.05, 4.69) is 15.5 Å². The first-order chi connectivity index (χ1) is 12.1. The molecule has 1 aromatic carbocycles. The van der Waals surface area contributed by atoms with Gasteiger partial charge in [0.15, 0.2) is 5.82 Å². The van der Waals surface area contributed by atoms with Crippen LogP contribution in [-0.4, -0.2) is 38.8 Å². The van der Waals surface area contributed by atoms with Gasteiger partial charge >= 0.3 is 6.03 Å². The summed E-state index contributed by atoms with van der Waals surface area (Å²) >= 11 is 0. The number of urea groups is 1. The zero-order valence-corrected chi connectivity index (χ0v) is 15.0. The normalized spacial score (nSPS) is 18.2. The van der Waals surface area contributed by atoms with Gasteiger partial charge in [-0.3, -0.25) is 0 Å². The maximum absolute atomic E-state index is 12.7. The molecule has 2 atom stereocenters. The molecule has 0 radical (unpaired) electrons. The van der Waals surface area contributed by atoms with Crippen LogP contribution in [0.2, 0.25) is 0 Å². The van der Waals surface area contributed by atoms with E-state index in [1.165, 1.54) is 0 Å². The molecule has 0 aliphatic carbocycles. The number of aromatic nitrogens is 3. The fraction of sp³-hybridized carbons (Fsp3) is 0.500. The number of hydrogen-bond acceptors (Lipinski definition) is 4. The number of carbonyl (C=O) groups excluding carboxylic acids is 1. The molecule has 1 fully saturated rings. The van der Waals surface area contributed by atoms with Crippen molar-refractivity contribution in [1.82, 2.24) is 25.0 Å². The average Bonchev–Trinajstić information content (AvgIpc) is 3.24. The quantitative estimate of drug-likeness (QED) is 0.906. The molecule has 7 heteroatoms. The second-order valence-electron chi connectivity index (χ2n) is 6.32. The molecule has 1 aromatic heterocycles. The van der Waals surface area contributed by atoms with Gasteiger partial charge in [-0.1, -0.05) is 12.1 Å². The van der Waals surface area contributed by atoms with Crippen LogP contribution in [0.3, 0.4) is 0 Å². The van der Waals surface area contributed by atoms with Crippen LogP contribution in [0.5, 0.6) is 5.75 Å². The lowest BCUT2D eigenvalue weighted by Gasteiger charge is -2.27. The first-order valence-corrected chi connectivity index (χ1v) is 8.74. The maximum atomic E-state index is 12.7. The zero-order valence-electron chi connectivity index (χ0n) is 15.0. The van der Waals surface area contributed by atoms with Crippen LogP contribution in [0.1, 0.15) is 50.2 Å². The average molecular weight is 343 g/mol. The summed E-state index contributed by atoms with van der Waals surface area (Å²) < 4.78 is 7.31. The van der Waals surface area contributed by atoms with E-state index in [0.717, 1.165) is 36.5 Å². The van der Waals surface area contributed by atoms with E-state index in [4.69, 9.17) is 4.74 Å². The van der Waals surface area contributed by atoms with E-state index in [1.807, 2.05) is 54.6 Å². The third-order valence-electron chi connectivity index (χ3n) is 4.56. The SMILES string of the molecule is CCOc1ccc([C@H]2CCCN2C(=O)N[C@H](C)c2nncn2C)cc1. The molecule has 0 unspecified atom stereocenters. The van der Waals surface area contributed by atoms with Crippen LogP contribution in [-0.2, 0) is 7.05 Å². The molecule has 2 amide bonds. The number of hydrogen-bond donors (Lipinski definition) is 1. The van der Waals surface area contributed by atoms with Crippen LogP contribution in [0.15, 0.2) is 30.6 Å². The van der Waals surface area contributed by atoms with Crippen molar-refractivity contribution < 1.29 is 9.53 Å². The Hall–Kier alpha value is -2.57. The molecule has 2 aromatic rings. The molecule has 7 nitrogen and oxygen atoms in total. The Balaban J connectivity index is 1.68. The van der Waals surface area contributed by atoms with Gasteiger partial charge in [0.1, 0.15) is 12.1 Å². The summed E-state index contributed by atoms with van der Waals surface area (Å²) in [5.74, 6) is 1.60. The van der Waals surface area contributed by atoms with Gasteiger partial charge in [-0.15, -0.1) is 10.2 Å². The summed E-state index contributed by atoms with van der Waals surface area (Å²) in [4.78, 5) is 14.7. The number of likely N-dealkylation sites (tertiary alicyclic amines) is 1. The van der Waals surface area contributed by atoms with Gasteiger partial charge in [0.2, 0.25) is 0 Å². The fourth-order valence-corrected chi connectivity index (χ4v) is 3.33. The minimum Gasteiger partial charge on any atom is -0.494 e.